The van der Waals surface area contributed by atoms with Crippen LogP contribution in [0.15, 0.2) is 41.9 Å². The fourth-order valence-corrected chi connectivity index (χ4v) is 2.68. The zero-order valence-corrected chi connectivity index (χ0v) is 18.0. The van der Waals surface area contributed by atoms with Gasteiger partial charge in [-0.3, -0.25) is 0 Å². The first-order valence-corrected chi connectivity index (χ1v) is 9.68. The van der Waals surface area contributed by atoms with E-state index < -0.39 is 0 Å². The molecule has 0 fully saturated rings. The second-order valence-electron chi connectivity index (χ2n) is 5.33. The van der Waals surface area contributed by atoms with Crippen molar-refractivity contribution < 1.29 is 0 Å². The lowest BCUT2D eigenvalue weighted by Crippen LogP contribution is -2.37. The van der Waals surface area contributed by atoms with E-state index in [1.807, 2.05) is 23.9 Å². The van der Waals surface area contributed by atoms with Crippen LogP contribution < -0.4 is 10.6 Å². The molecule has 1 aromatic carbocycles. The SMILES string of the molecule is CCNC(=NCc1ccc(-n2cncn2)cc1)NCCCCSC.I. The summed E-state index contributed by atoms with van der Waals surface area (Å²) < 4.78 is 1.74. The van der Waals surface area contributed by atoms with Crippen LogP contribution >= 0.6 is 35.7 Å². The Kier molecular flexibility index (Phi) is 11.3. The zero-order chi connectivity index (χ0) is 17.0. The van der Waals surface area contributed by atoms with Gasteiger partial charge in [0.05, 0.1) is 12.2 Å². The van der Waals surface area contributed by atoms with Crippen molar-refractivity contribution in [1.82, 2.24) is 25.4 Å². The zero-order valence-electron chi connectivity index (χ0n) is 14.8. The molecule has 0 saturated heterocycles. The highest BCUT2D eigenvalue weighted by Crippen LogP contribution is 2.08. The molecular weight excluding hydrogens is 447 g/mol. The largest absolute Gasteiger partial charge is 0.357 e. The van der Waals surface area contributed by atoms with Crippen molar-refractivity contribution in [3.63, 3.8) is 0 Å². The van der Waals surface area contributed by atoms with E-state index in [0.717, 1.165) is 31.2 Å². The third kappa shape index (κ3) is 8.08. The lowest BCUT2D eigenvalue weighted by Gasteiger charge is -2.11. The van der Waals surface area contributed by atoms with Gasteiger partial charge in [0.2, 0.25) is 0 Å². The van der Waals surface area contributed by atoms with Gasteiger partial charge < -0.3 is 10.6 Å². The number of rotatable bonds is 9. The third-order valence-electron chi connectivity index (χ3n) is 3.45. The Balaban J connectivity index is 0.00000312. The van der Waals surface area contributed by atoms with Crippen LogP contribution in [0.3, 0.4) is 0 Å². The number of thioether (sulfide) groups is 1. The van der Waals surface area contributed by atoms with Crippen LogP contribution in [0.1, 0.15) is 25.3 Å². The normalized spacial score (nSPS) is 11.0. The summed E-state index contributed by atoms with van der Waals surface area (Å²) in [7, 11) is 0. The van der Waals surface area contributed by atoms with E-state index in [-0.39, 0.29) is 24.0 Å². The van der Waals surface area contributed by atoms with E-state index >= 15 is 0 Å². The molecule has 25 heavy (non-hydrogen) atoms. The molecule has 0 aliphatic rings. The topological polar surface area (TPSA) is 67.1 Å². The number of hydrogen-bond acceptors (Lipinski definition) is 4. The molecule has 0 atom stereocenters. The number of unbranched alkanes of at least 4 members (excludes halogenated alkanes) is 1. The first-order valence-electron chi connectivity index (χ1n) is 8.28. The van der Waals surface area contributed by atoms with Crippen molar-refractivity contribution >= 4 is 41.7 Å². The second kappa shape index (κ2) is 13.0. The van der Waals surface area contributed by atoms with E-state index in [0.29, 0.717) is 6.54 Å². The Bertz CT molecular complexity index is 600. The Morgan fingerprint density at radius 1 is 1.20 bits per heavy atom. The number of nitrogens with one attached hydrogen (secondary N) is 2. The summed E-state index contributed by atoms with van der Waals surface area (Å²) >= 11 is 1.89. The maximum Gasteiger partial charge on any atom is 0.191 e. The molecule has 0 spiro atoms. The van der Waals surface area contributed by atoms with Crippen molar-refractivity contribution in [3.8, 4) is 5.69 Å². The van der Waals surface area contributed by atoms with Crippen molar-refractivity contribution in [3.05, 3.63) is 42.5 Å². The average Bonchev–Trinajstić information content (AvgIpc) is 3.14. The summed E-state index contributed by atoms with van der Waals surface area (Å²) in [4.78, 5) is 8.61. The quantitative estimate of drug-likeness (QED) is 0.253. The van der Waals surface area contributed by atoms with Gasteiger partial charge in [-0.25, -0.2) is 14.7 Å². The molecule has 0 amide bonds. The maximum atomic E-state index is 4.65. The Hall–Kier alpha value is -1.29. The van der Waals surface area contributed by atoms with E-state index in [9.17, 15) is 0 Å². The van der Waals surface area contributed by atoms with Crippen LogP contribution in [0, 0.1) is 0 Å². The second-order valence-corrected chi connectivity index (χ2v) is 6.31. The van der Waals surface area contributed by atoms with Gasteiger partial charge in [0, 0.05) is 13.1 Å². The minimum absolute atomic E-state index is 0. The van der Waals surface area contributed by atoms with Crippen LogP contribution in [-0.2, 0) is 6.54 Å². The highest BCUT2D eigenvalue weighted by Gasteiger charge is 1.99. The molecule has 138 valence electrons. The number of benzene rings is 1. The summed E-state index contributed by atoms with van der Waals surface area (Å²) in [6, 6.07) is 8.20. The van der Waals surface area contributed by atoms with Gasteiger partial charge in [0.1, 0.15) is 12.7 Å². The standard InChI is InChI=1S/C17H26N6S.HI/c1-3-19-17(20-10-4-5-11-24-2)21-12-15-6-8-16(9-7-15)23-14-18-13-22-23;/h6-9,13-14H,3-5,10-12H2,1-2H3,(H2,19,20,21);1H. The number of aliphatic imine (C=N–C) groups is 1. The molecule has 6 nitrogen and oxygen atoms in total. The number of guanidine groups is 1. The van der Waals surface area contributed by atoms with Crippen LogP contribution in [0.25, 0.3) is 5.69 Å². The molecule has 0 radical (unpaired) electrons. The molecule has 0 unspecified atom stereocenters. The van der Waals surface area contributed by atoms with Crippen LogP contribution in [0.4, 0.5) is 0 Å². The number of halogens is 1. The fraction of sp³-hybridized carbons (Fsp3) is 0.471. The summed E-state index contributed by atoms with van der Waals surface area (Å²) in [6.45, 7) is 4.55. The Labute approximate surface area is 171 Å². The lowest BCUT2D eigenvalue weighted by atomic mass is 10.2. The van der Waals surface area contributed by atoms with E-state index in [2.05, 4.69) is 51.0 Å². The van der Waals surface area contributed by atoms with E-state index in [1.165, 1.54) is 24.1 Å². The van der Waals surface area contributed by atoms with Crippen molar-refractivity contribution in [1.29, 1.82) is 0 Å². The van der Waals surface area contributed by atoms with E-state index in [1.54, 1.807) is 11.0 Å². The van der Waals surface area contributed by atoms with Gasteiger partial charge >= 0.3 is 0 Å². The van der Waals surface area contributed by atoms with Crippen LogP contribution in [0.5, 0.6) is 0 Å². The van der Waals surface area contributed by atoms with Gasteiger partial charge in [0.25, 0.3) is 0 Å². The molecule has 2 rings (SSSR count). The van der Waals surface area contributed by atoms with Crippen LogP contribution in [0.2, 0.25) is 0 Å². The Morgan fingerprint density at radius 2 is 2.00 bits per heavy atom. The highest BCUT2D eigenvalue weighted by molar-refractivity contribution is 14.0. The molecule has 0 saturated carbocycles. The van der Waals surface area contributed by atoms with Gasteiger partial charge in [-0.05, 0) is 49.5 Å². The molecule has 2 N–H and O–H groups in total. The highest BCUT2D eigenvalue weighted by atomic mass is 127. The molecule has 8 heteroatoms. The lowest BCUT2D eigenvalue weighted by molar-refractivity contribution is 0.734. The summed E-state index contributed by atoms with van der Waals surface area (Å²) in [5.74, 6) is 2.09. The molecule has 1 heterocycles. The number of nitrogens with zero attached hydrogens (tertiary/aromatic N) is 4. The maximum absolute atomic E-state index is 4.65. The first kappa shape index (κ1) is 21.8. The molecule has 1 aromatic heterocycles. The molecule has 0 bridgehead atoms. The fourth-order valence-electron chi connectivity index (χ4n) is 2.19. The van der Waals surface area contributed by atoms with Gasteiger partial charge in [0.15, 0.2) is 5.96 Å². The van der Waals surface area contributed by atoms with Crippen LogP contribution in [-0.4, -0.2) is 45.8 Å². The third-order valence-corrected chi connectivity index (χ3v) is 4.15. The Morgan fingerprint density at radius 3 is 2.64 bits per heavy atom. The van der Waals surface area contributed by atoms with Gasteiger partial charge in [-0.1, -0.05) is 12.1 Å². The molecular formula is C17H27IN6S. The van der Waals surface area contributed by atoms with E-state index in [4.69, 9.17) is 0 Å². The number of hydrogen-bond donors (Lipinski definition) is 2. The van der Waals surface area contributed by atoms with Crippen molar-refractivity contribution in [2.75, 3.05) is 25.1 Å². The molecule has 0 aliphatic heterocycles. The molecule has 0 aliphatic carbocycles. The van der Waals surface area contributed by atoms with Crippen molar-refractivity contribution in [2.24, 2.45) is 4.99 Å². The summed E-state index contributed by atoms with van der Waals surface area (Å²) in [6.07, 6.45) is 7.77. The monoisotopic (exact) mass is 474 g/mol. The predicted molar refractivity (Wildman–Crippen MR) is 117 cm³/mol. The average molecular weight is 474 g/mol. The first-order chi connectivity index (χ1) is 11.8. The smallest absolute Gasteiger partial charge is 0.191 e. The predicted octanol–water partition coefficient (Wildman–Crippen LogP) is 3.08. The van der Waals surface area contributed by atoms with Gasteiger partial charge in [-0.2, -0.15) is 16.9 Å². The minimum atomic E-state index is 0. The summed E-state index contributed by atoms with van der Waals surface area (Å²) in [5, 5.41) is 10.8. The summed E-state index contributed by atoms with van der Waals surface area (Å²) in [5.41, 5.74) is 2.16. The number of aromatic nitrogens is 3. The van der Waals surface area contributed by atoms with Crippen molar-refractivity contribution in [2.45, 2.75) is 26.3 Å². The van der Waals surface area contributed by atoms with Gasteiger partial charge in [-0.15, -0.1) is 24.0 Å². The molecule has 2 aromatic rings. The minimum Gasteiger partial charge on any atom is -0.357 e.